The zero-order chi connectivity index (χ0) is 12.8. The number of alkyl halides is 5. The fourth-order valence-electron chi connectivity index (χ4n) is 2.44. The number of hydrogen-bond donors (Lipinski definition) is 0. The molecule has 1 atom stereocenters. The Morgan fingerprint density at radius 2 is 1.94 bits per heavy atom. The molecule has 0 aromatic carbocycles. The van der Waals surface area contributed by atoms with Gasteiger partial charge in [0, 0.05) is 19.6 Å². The van der Waals surface area contributed by atoms with Crippen molar-refractivity contribution >= 4 is 5.91 Å². The minimum atomic E-state index is -4.77. The average molecular weight is 258 g/mol. The molecular weight excluding hydrogens is 247 g/mol. The summed E-state index contributed by atoms with van der Waals surface area (Å²) in [5.41, 5.74) is -2.61. The van der Waals surface area contributed by atoms with E-state index in [1.54, 1.807) is 0 Å². The molecule has 0 spiro atoms. The molecule has 0 aliphatic carbocycles. The fourth-order valence-corrected chi connectivity index (χ4v) is 2.44. The molecule has 1 amide bonds. The van der Waals surface area contributed by atoms with Crippen LogP contribution in [0.15, 0.2) is 0 Å². The van der Waals surface area contributed by atoms with Crippen molar-refractivity contribution in [3.05, 3.63) is 0 Å². The predicted molar refractivity (Wildman–Crippen MR) is 47.0 cm³/mol. The minimum Gasteiger partial charge on any atom is -0.275 e. The standard InChI is InChI=1S/C9H11F5N2O/c10-6(11)8(4-9(12,13)14)5-15-2-1-3-16(15)7(8)17/h6H,1-5H2/t8-/m1/s1. The number of carbonyl (C=O) groups is 1. The first-order valence-electron chi connectivity index (χ1n) is 5.18. The van der Waals surface area contributed by atoms with Gasteiger partial charge in [0.05, 0.1) is 6.42 Å². The summed E-state index contributed by atoms with van der Waals surface area (Å²) in [4.78, 5) is 11.7. The summed E-state index contributed by atoms with van der Waals surface area (Å²) in [6.07, 6.45) is -9.23. The Bertz CT molecular complexity index is 332. The molecule has 0 saturated carbocycles. The highest BCUT2D eigenvalue weighted by Crippen LogP contribution is 2.45. The molecule has 17 heavy (non-hydrogen) atoms. The molecule has 2 saturated heterocycles. The maximum atomic E-state index is 12.9. The first-order chi connectivity index (χ1) is 7.76. The Kier molecular flexibility index (Phi) is 2.80. The number of rotatable bonds is 2. The van der Waals surface area contributed by atoms with Crippen molar-refractivity contribution < 1.29 is 26.7 Å². The lowest BCUT2D eigenvalue weighted by Crippen LogP contribution is -2.44. The van der Waals surface area contributed by atoms with Gasteiger partial charge in [-0.15, -0.1) is 0 Å². The molecule has 98 valence electrons. The maximum Gasteiger partial charge on any atom is 0.390 e. The van der Waals surface area contributed by atoms with Gasteiger partial charge in [0.15, 0.2) is 0 Å². The highest BCUT2D eigenvalue weighted by Gasteiger charge is 2.61. The number of carbonyl (C=O) groups excluding carboxylic acids is 1. The third-order valence-electron chi connectivity index (χ3n) is 3.19. The van der Waals surface area contributed by atoms with E-state index in [0.717, 1.165) is 5.01 Å². The van der Waals surface area contributed by atoms with E-state index in [1.807, 2.05) is 0 Å². The summed E-state index contributed by atoms with van der Waals surface area (Å²) in [6.45, 7) is 0.0479. The van der Waals surface area contributed by atoms with Gasteiger partial charge in [0.2, 0.25) is 0 Å². The molecule has 0 N–H and O–H groups in total. The van der Waals surface area contributed by atoms with E-state index < -0.39 is 36.9 Å². The van der Waals surface area contributed by atoms with Crippen LogP contribution in [-0.4, -0.2) is 48.2 Å². The van der Waals surface area contributed by atoms with Gasteiger partial charge in [-0.05, 0) is 6.42 Å². The van der Waals surface area contributed by atoms with Crippen molar-refractivity contribution in [3.63, 3.8) is 0 Å². The van der Waals surface area contributed by atoms with E-state index in [4.69, 9.17) is 0 Å². The lowest BCUT2D eigenvalue weighted by Gasteiger charge is -2.26. The van der Waals surface area contributed by atoms with Gasteiger partial charge in [-0.2, -0.15) is 13.2 Å². The lowest BCUT2D eigenvalue weighted by atomic mass is 9.84. The number of fused-ring (bicyclic) bond motifs is 1. The number of amides is 1. The highest BCUT2D eigenvalue weighted by atomic mass is 19.4. The maximum absolute atomic E-state index is 12.9. The van der Waals surface area contributed by atoms with Gasteiger partial charge in [-0.1, -0.05) is 0 Å². The zero-order valence-electron chi connectivity index (χ0n) is 8.81. The first-order valence-corrected chi connectivity index (χ1v) is 5.18. The summed E-state index contributed by atoms with van der Waals surface area (Å²) in [5.74, 6) is -1.10. The van der Waals surface area contributed by atoms with Crippen molar-refractivity contribution in [2.45, 2.75) is 25.4 Å². The van der Waals surface area contributed by atoms with Crippen LogP contribution in [0.5, 0.6) is 0 Å². The second kappa shape index (κ2) is 3.79. The Labute approximate surface area is 94.1 Å². The van der Waals surface area contributed by atoms with Crippen LogP contribution in [-0.2, 0) is 4.79 Å². The number of nitrogens with zero attached hydrogens (tertiary/aromatic N) is 2. The van der Waals surface area contributed by atoms with Gasteiger partial charge in [-0.3, -0.25) is 9.80 Å². The van der Waals surface area contributed by atoms with Crippen LogP contribution in [0, 0.1) is 5.41 Å². The van der Waals surface area contributed by atoms with Crippen molar-refractivity contribution in [1.29, 1.82) is 0 Å². The van der Waals surface area contributed by atoms with Crippen molar-refractivity contribution in [2.24, 2.45) is 5.41 Å². The minimum absolute atomic E-state index is 0.227. The molecule has 0 aromatic rings. The Morgan fingerprint density at radius 3 is 2.41 bits per heavy atom. The SMILES string of the molecule is O=C1N2CCCN2C[C@]1(CC(F)(F)F)C(F)F. The number of hydrazine groups is 1. The third kappa shape index (κ3) is 1.98. The molecule has 0 unspecified atom stereocenters. The van der Waals surface area contributed by atoms with E-state index in [0.29, 0.717) is 13.0 Å². The van der Waals surface area contributed by atoms with Crippen LogP contribution in [0.2, 0.25) is 0 Å². The topological polar surface area (TPSA) is 23.6 Å². The molecule has 2 rings (SSSR count). The molecule has 2 fully saturated rings. The average Bonchev–Trinajstić information content (AvgIpc) is 2.68. The second-order valence-corrected chi connectivity index (χ2v) is 4.42. The van der Waals surface area contributed by atoms with Crippen LogP contribution < -0.4 is 0 Å². The Hall–Kier alpha value is -0.920. The van der Waals surface area contributed by atoms with Gasteiger partial charge in [-0.25, -0.2) is 13.8 Å². The smallest absolute Gasteiger partial charge is 0.275 e. The molecule has 0 aromatic heterocycles. The third-order valence-corrected chi connectivity index (χ3v) is 3.19. The quantitative estimate of drug-likeness (QED) is 0.703. The van der Waals surface area contributed by atoms with Crippen LogP contribution in [0.25, 0.3) is 0 Å². The van der Waals surface area contributed by atoms with Crippen molar-refractivity contribution in [1.82, 2.24) is 10.0 Å². The lowest BCUT2D eigenvalue weighted by molar-refractivity contribution is -0.183. The second-order valence-electron chi connectivity index (χ2n) is 4.42. The normalized spacial score (nSPS) is 30.5. The molecule has 2 aliphatic rings. The molecule has 0 radical (unpaired) electrons. The van der Waals surface area contributed by atoms with E-state index in [1.165, 1.54) is 5.01 Å². The predicted octanol–water partition coefficient (Wildman–Crippen LogP) is 1.65. The van der Waals surface area contributed by atoms with Crippen LogP contribution >= 0.6 is 0 Å². The molecule has 8 heteroatoms. The number of halogens is 5. The van der Waals surface area contributed by atoms with Gasteiger partial charge >= 0.3 is 6.18 Å². The molecular formula is C9H11F5N2O. The summed E-state index contributed by atoms with van der Waals surface area (Å²) >= 11 is 0. The van der Waals surface area contributed by atoms with Crippen molar-refractivity contribution in [2.75, 3.05) is 19.6 Å². The van der Waals surface area contributed by atoms with Gasteiger partial charge in [0.25, 0.3) is 12.3 Å². The summed E-state index contributed by atoms with van der Waals surface area (Å²) < 4.78 is 62.8. The fraction of sp³-hybridized carbons (Fsp3) is 0.889. The van der Waals surface area contributed by atoms with E-state index >= 15 is 0 Å². The molecule has 0 bridgehead atoms. The zero-order valence-corrected chi connectivity index (χ0v) is 8.81. The van der Waals surface area contributed by atoms with Crippen LogP contribution in [0.3, 0.4) is 0 Å². The van der Waals surface area contributed by atoms with E-state index in [2.05, 4.69) is 0 Å². The van der Waals surface area contributed by atoms with Crippen LogP contribution in [0.4, 0.5) is 22.0 Å². The van der Waals surface area contributed by atoms with E-state index in [9.17, 15) is 26.7 Å². The van der Waals surface area contributed by atoms with Crippen molar-refractivity contribution in [3.8, 4) is 0 Å². The van der Waals surface area contributed by atoms with Gasteiger partial charge in [0.1, 0.15) is 5.41 Å². The number of hydrogen-bond acceptors (Lipinski definition) is 2. The first kappa shape index (κ1) is 12.5. The monoisotopic (exact) mass is 258 g/mol. The summed E-state index contributed by atoms with van der Waals surface area (Å²) in [7, 11) is 0. The molecule has 2 heterocycles. The summed E-state index contributed by atoms with van der Waals surface area (Å²) in [6, 6.07) is 0. The summed E-state index contributed by atoms with van der Waals surface area (Å²) in [5, 5.41) is 2.32. The van der Waals surface area contributed by atoms with Gasteiger partial charge < -0.3 is 0 Å². The van der Waals surface area contributed by atoms with E-state index in [-0.39, 0.29) is 6.54 Å². The molecule has 3 nitrogen and oxygen atoms in total. The Morgan fingerprint density at radius 1 is 1.29 bits per heavy atom. The Balaban J connectivity index is 2.27. The largest absolute Gasteiger partial charge is 0.390 e. The highest BCUT2D eigenvalue weighted by molar-refractivity contribution is 5.85. The van der Waals surface area contributed by atoms with Crippen LogP contribution in [0.1, 0.15) is 12.8 Å². The molecule has 2 aliphatic heterocycles.